The summed E-state index contributed by atoms with van der Waals surface area (Å²) in [4.78, 5) is 13.6. The van der Waals surface area contributed by atoms with Crippen LogP contribution in [0.25, 0.3) is 0 Å². The van der Waals surface area contributed by atoms with Crippen LogP contribution in [0.15, 0.2) is 10.8 Å². The molecule has 16 heavy (non-hydrogen) atoms. The number of hydrogen-bond donors (Lipinski definition) is 0. The lowest BCUT2D eigenvalue weighted by Crippen LogP contribution is -2.13. The van der Waals surface area contributed by atoms with Gasteiger partial charge in [-0.3, -0.25) is 4.79 Å². The van der Waals surface area contributed by atoms with Gasteiger partial charge in [-0.25, -0.2) is 13.8 Å². The molecule has 2 nitrogen and oxygen atoms in total. The van der Waals surface area contributed by atoms with Crippen LogP contribution in [-0.2, 0) is 6.18 Å². The fourth-order valence-electron chi connectivity index (χ4n) is 1.09. The second-order valence-electron chi connectivity index (χ2n) is 2.71. The van der Waals surface area contributed by atoms with Crippen LogP contribution in [0.5, 0.6) is 0 Å². The SMILES string of the molecule is O=Cc1c(C(F)F)cnc(Br)c1C(F)(F)F. The van der Waals surface area contributed by atoms with Crippen molar-refractivity contribution in [3.8, 4) is 0 Å². The highest BCUT2D eigenvalue weighted by molar-refractivity contribution is 9.10. The Bertz CT molecular complexity index is 418. The zero-order chi connectivity index (χ0) is 12.5. The maximum atomic E-state index is 12.5. The highest BCUT2D eigenvalue weighted by atomic mass is 79.9. The first-order valence-electron chi connectivity index (χ1n) is 3.78. The summed E-state index contributed by atoms with van der Waals surface area (Å²) in [5.41, 5.74) is -3.62. The first kappa shape index (κ1) is 13.0. The van der Waals surface area contributed by atoms with Gasteiger partial charge in [0.05, 0.1) is 5.56 Å². The summed E-state index contributed by atoms with van der Waals surface area (Å²) < 4.78 is 61.4. The van der Waals surface area contributed by atoms with Crippen molar-refractivity contribution < 1.29 is 26.7 Å². The summed E-state index contributed by atoms with van der Waals surface area (Å²) >= 11 is 2.47. The summed E-state index contributed by atoms with van der Waals surface area (Å²) in [6, 6.07) is 0. The predicted molar refractivity (Wildman–Crippen MR) is 47.3 cm³/mol. The van der Waals surface area contributed by atoms with Gasteiger partial charge in [-0.2, -0.15) is 13.2 Å². The third kappa shape index (κ3) is 2.37. The zero-order valence-corrected chi connectivity index (χ0v) is 8.94. The molecule has 1 aromatic rings. The third-order valence-electron chi connectivity index (χ3n) is 1.74. The van der Waals surface area contributed by atoms with Gasteiger partial charge in [0.15, 0.2) is 6.29 Å². The lowest BCUT2D eigenvalue weighted by Gasteiger charge is -2.13. The first-order valence-corrected chi connectivity index (χ1v) is 4.57. The van der Waals surface area contributed by atoms with E-state index >= 15 is 0 Å². The Labute approximate surface area is 94.6 Å². The van der Waals surface area contributed by atoms with E-state index in [9.17, 15) is 26.7 Å². The van der Waals surface area contributed by atoms with Gasteiger partial charge in [-0.05, 0) is 15.9 Å². The minimum Gasteiger partial charge on any atom is -0.298 e. The molecular weight excluding hydrogens is 301 g/mol. The molecule has 0 amide bonds. The second kappa shape index (κ2) is 4.44. The Morgan fingerprint density at radius 3 is 2.31 bits per heavy atom. The highest BCUT2D eigenvalue weighted by Crippen LogP contribution is 2.38. The quantitative estimate of drug-likeness (QED) is 0.474. The summed E-state index contributed by atoms with van der Waals surface area (Å²) in [6.45, 7) is 0. The van der Waals surface area contributed by atoms with Crippen LogP contribution < -0.4 is 0 Å². The largest absolute Gasteiger partial charge is 0.419 e. The standard InChI is InChI=1S/C8H3BrF5NO/c9-6-5(8(12,13)14)4(2-16)3(1-15-6)7(10)11/h1-2,7H. The van der Waals surface area contributed by atoms with Crippen LogP contribution in [0.3, 0.4) is 0 Å². The summed E-state index contributed by atoms with van der Waals surface area (Å²) in [7, 11) is 0. The van der Waals surface area contributed by atoms with Gasteiger partial charge in [0, 0.05) is 17.3 Å². The minimum absolute atomic E-state index is 0.253. The van der Waals surface area contributed by atoms with E-state index in [1.54, 1.807) is 0 Å². The smallest absolute Gasteiger partial charge is 0.298 e. The minimum atomic E-state index is -4.92. The van der Waals surface area contributed by atoms with Gasteiger partial charge >= 0.3 is 6.18 Å². The Balaban J connectivity index is 3.57. The normalized spacial score (nSPS) is 11.9. The molecule has 0 fully saturated rings. The van der Waals surface area contributed by atoms with Crippen LogP contribution in [0.2, 0.25) is 0 Å². The maximum absolute atomic E-state index is 12.5. The highest BCUT2D eigenvalue weighted by Gasteiger charge is 2.38. The van der Waals surface area contributed by atoms with Crippen LogP contribution in [0, 0.1) is 0 Å². The van der Waals surface area contributed by atoms with Crippen LogP contribution in [-0.4, -0.2) is 11.3 Å². The van der Waals surface area contributed by atoms with Crippen molar-refractivity contribution in [2.75, 3.05) is 0 Å². The molecule has 88 valence electrons. The Morgan fingerprint density at radius 2 is 1.94 bits per heavy atom. The Morgan fingerprint density at radius 1 is 1.38 bits per heavy atom. The van der Waals surface area contributed by atoms with Gasteiger partial charge in [0.25, 0.3) is 6.43 Å². The van der Waals surface area contributed by atoms with E-state index in [4.69, 9.17) is 0 Å². The molecule has 1 aromatic heterocycles. The molecule has 0 radical (unpaired) electrons. The average molecular weight is 304 g/mol. The van der Waals surface area contributed by atoms with Crippen molar-refractivity contribution >= 4 is 22.2 Å². The first-order chi connectivity index (χ1) is 7.29. The predicted octanol–water partition coefficient (Wildman–Crippen LogP) is 3.61. The molecule has 1 heterocycles. The van der Waals surface area contributed by atoms with E-state index in [1.165, 1.54) is 0 Å². The number of aldehydes is 1. The van der Waals surface area contributed by atoms with E-state index in [-0.39, 0.29) is 6.29 Å². The molecule has 0 aliphatic carbocycles. The number of carbonyl (C=O) groups is 1. The van der Waals surface area contributed by atoms with Gasteiger partial charge < -0.3 is 0 Å². The molecule has 0 spiro atoms. The van der Waals surface area contributed by atoms with Crippen molar-refractivity contribution in [1.82, 2.24) is 4.98 Å². The van der Waals surface area contributed by atoms with E-state index < -0.39 is 33.9 Å². The number of carbonyl (C=O) groups excluding carboxylic acids is 1. The number of pyridine rings is 1. The Kier molecular flexibility index (Phi) is 3.61. The van der Waals surface area contributed by atoms with Crippen molar-refractivity contribution in [1.29, 1.82) is 0 Å². The van der Waals surface area contributed by atoms with Crippen LogP contribution in [0.4, 0.5) is 22.0 Å². The fraction of sp³-hybridized carbons (Fsp3) is 0.250. The number of rotatable bonds is 2. The summed E-state index contributed by atoms with van der Waals surface area (Å²) in [6.07, 6.45) is -7.83. The molecule has 0 atom stereocenters. The van der Waals surface area contributed by atoms with E-state index in [0.717, 1.165) is 0 Å². The van der Waals surface area contributed by atoms with Crippen LogP contribution >= 0.6 is 15.9 Å². The number of hydrogen-bond acceptors (Lipinski definition) is 2. The summed E-state index contributed by atoms with van der Waals surface area (Å²) in [5.74, 6) is 0. The van der Waals surface area contributed by atoms with Crippen LogP contribution in [0.1, 0.15) is 27.9 Å². The second-order valence-corrected chi connectivity index (χ2v) is 3.46. The molecule has 0 unspecified atom stereocenters. The lowest BCUT2D eigenvalue weighted by atomic mass is 10.1. The fourth-order valence-corrected chi connectivity index (χ4v) is 1.63. The molecule has 0 aromatic carbocycles. The molecule has 0 aliphatic heterocycles. The van der Waals surface area contributed by atoms with E-state index in [0.29, 0.717) is 6.20 Å². The van der Waals surface area contributed by atoms with Gasteiger partial charge in [-0.15, -0.1) is 0 Å². The molecule has 1 rings (SSSR count). The molecule has 8 heteroatoms. The van der Waals surface area contributed by atoms with Gasteiger partial charge in [-0.1, -0.05) is 0 Å². The maximum Gasteiger partial charge on any atom is 0.419 e. The van der Waals surface area contributed by atoms with Crippen molar-refractivity contribution in [2.45, 2.75) is 12.6 Å². The molecule has 0 saturated carbocycles. The molecule has 0 bridgehead atoms. The van der Waals surface area contributed by atoms with Crippen molar-refractivity contribution in [2.24, 2.45) is 0 Å². The monoisotopic (exact) mass is 303 g/mol. The zero-order valence-electron chi connectivity index (χ0n) is 7.36. The molecule has 0 N–H and O–H groups in total. The molecular formula is C8H3BrF5NO. The molecule has 0 saturated heterocycles. The third-order valence-corrected chi connectivity index (χ3v) is 2.34. The number of aromatic nitrogens is 1. The van der Waals surface area contributed by atoms with E-state index in [1.807, 2.05) is 0 Å². The molecule has 0 aliphatic rings. The summed E-state index contributed by atoms with van der Waals surface area (Å²) in [5, 5.41) is 0. The van der Waals surface area contributed by atoms with Gasteiger partial charge in [0.1, 0.15) is 4.60 Å². The van der Waals surface area contributed by atoms with Gasteiger partial charge in [0.2, 0.25) is 0 Å². The Hall–Kier alpha value is -1.05. The van der Waals surface area contributed by atoms with Crippen molar-refractivity contribution in [3.63, 3.8) is 0 Å². The number of alkyl halides is 5. The number of nitrogens with zero attached hydrogens (tertiary/aromatic N) is 1. The number of halogens is 6. The average Bonchev–Trinajstić information content (AvgIpc) is 2.14. The topological polar surface area (TPSA) is 30.0 Å². The van der Waals surface area contributed by atoms with E-state index in [2.05, 4.69) is 20.9 Å². The lowest BCUT2D eigenvalue weighted by molar-refractivity contribution is -0.138. The van der Waals surface area contributed by atoms with Crippen molar-refractivity contribution in [3.05, 3.63) is 27.5 Å².